The van der Waals surface area contributed by atoms with Gasteiger partial charge in [-0.05, 0) is 54.6 Å². The van der Waals surface area contributed by atoms with Crippen molar-refractivity contribution in [1.29, 1.82) is 0 Å². The van der Waals surface area contributed by atoms with Crippen LogP contribution in [0.5, 0.6) is 0 Å². The average molecular weight is 530 g/mol. The van der Waals surface area contributed by atoms with Gasteiger partial charge in [0.1, 0.15) is 0 Å². The number of alkyl halides is 3. The van der Waals surface area contributed by atoms with Gasteiger partial charge in [-0.25, -0.2) is 4.79 Å². The Balaban J connectivity index is 0.00000324. The lowest BCUT2D eigenvalue weighted by atomic mass is 10.1. The predicted molar refractivity (Wildman–Crippen MR) is 119 cm³/mol. The second-order valence-electron chi connectivity index (χ2n) is 7.35. The van der Waals surface area contributed by atoms with E-state index in [4.69, 9.17) is 0 Å². The first-order chi connectivity index (χ1) is 15.8. The Morgan fingerprint density at radius 1 is 0.794 bits per heavy atom. The zero-order chi connectivity index (χ0) is 23.4. The molecule has 9 heteroatoms. The first-order valence-electron chi connectivity index (χ1n) is 10.1. The molecule has 4 rings (SSSR count). The molecule has 174 valence electrons. The van der Waals surface area contributed by atoms with Gasteiger partial charge in [-0.15, -0.1) is 0 Å². The SMILES string of the molecule is O=C(Nc1ccc(C(=O)C[n+]2cccc3ccccc32)cc1)Nc1cccc(C(F)(F)F)c1.[Br-]. The number of carbonyl (C=O) groups excluding carboxylic acids is 2. The van der Waals surface area contributed by atoms with Crippen LogP contribution in [0.15, 0.2) is 91.1 Å². The summed E-state index contributed by atoms with van der Waals surface area (Å²) in [6, 6.07) is 21.6. The summed E-state index contributed by atoms with van der Waals surface area (Å²) in [7, 11) is 0. The fourth-order valence-corrected chi connectivity index (χ4v) is 3.41. The van der Waals surface area contributed by atoms with Crippen LogP contribution >= 0.6 is 0 Å². The van der Waals surface area contributed by atoms with Gasteiger partial charge >= 0.3 is 12.2 Å². The van der Waals surface area contributed by atoms with Gasteiger partial charge in [0.2, 0.25) is 17.8 Å². The number of nitrogens with zero attached hydrogens (tertiary/aromatic N) is 1. The first kappa shape index (κ1) is 24.9. The zero-order valence-electron chi connectivity index (χ0n) is 17.6. The Morgan fingerprint density at radius 2 is 1.47 bits per heavy atom. The zero-order valence-corrected chi connectivity index (χ0v) is 19.2. The Morgan fingerprint density at radius 3 is 2.21 bits per heavy atom. The van der Waals surface area contributed by atoms with Crippen molar-refractivity contribution in [3.05, 3.63) is 102 Å². The third-order valence-corrected chi connectivity index (χ3v) is 5.01. The number of benzene rings is 3. The molecule has 34 heavy (non-hydrogen) atoms. The molecule has 5 nitrogen and oxygen atoms in total. The highest BCUT2D eigenvalue weighted by Gasteiger charge is 2.30. The number of aromatic nitrogens is 1. The number of Topliss-reactive ketones (excluding diaryl/α,β-unsaturated/α-hetero) is 1. The van der Waals surface area contributed by atoms with Gasteiger partial charge in [0.15, 0.2) is 6.20 Å². The van der Waals surface area contributed by atoms with Crippen molar-refractivity contribution in [3.63, 3.8) is 0 Å². The molecule has 0 fully saturated rings. The number of ketones is 1. The van der Waals surface area contributed by atoms with E-state index in [9.17, 15) is 22.8 Å². The Kier molecular flexibility index (Phi) is 7.68. The topological polar surface area (TPSA) is 62.1 Å². The number of anilines is 2. The number of pyridine rings is 1. The Bertz CT molecular complexity index is 1320. The number of hydrogen-bond acceptors (Lipinski definition) is 2. The molecule has 1 heterocycles. The molecule has 3 aromatic carbocycles. The van der Waals surface area contributed by atoms with Crippen LogP contribution in [0, 0.1) is 0 Å². The van der Waals surface area contributed by atoms with Crippen LogP contribution < -0.4 is 32.2 Å². The second kappa shape index (κ2) is 10.5. The number of fused-ring (bicyclic) bond motifs is 1. The highest BCUT2D eigenvalue weighted by atomic mass is 79.9. The van der Waals surface area contributed by atoms with Crippen molar-refractivity contribution in [2.24, 2.45) is 0 Å². The predicted octanol–water partition coefficient (Wildman–Crippen LogP) is 2.68. The fourth-order valence-electron chi connectivity index (χ4n) is 3.41. The quantitative estimate of drug-likeness (QED) is 0.308. The fraction of sp³-hybridized carbons (Fsp3) is 0.0800. The number of halogens is 4. The van der Waals surface area contributed by atoms with Gasteiger partial charge in [0, 0.05) is 34.5 Å². The molecule has 0 atom stereocenters. The summed E-state index contributed by atoms with van der Waals surface area (Å²) in [6.45, 7) is 0.157. The minimum Gasteiger partial charge on any atom is -1.00 e. The molecule has 0 aliphatic rings. The molecule has 0 radical (unpaired) electrons. The van der Waals surface area contributed by atoms with Crippen LogP contribution in [0.4, 0.5) is 29.3 Å². The minimum atomic E-state index is -4.50. The number of carbonyl (C=O) groups is 2. The number of hydrogen-bond donors (Lipinski definition) is 2. The van der Waals surface area contributed by atoms with E-state index in [2.05, 4.69) is 10.6 Å². The van der Waals surface area contributed by atoms with Crippen LogP contribution in [0.3, 0.4) is 0 Å². The molecule has 0 saturated heterocycles. The van der Waals surface area contributed by atoms with E-state index < -0.39 is 17.8 Å². The molecular weight excluding hydrogens is 511 g/mol. The maximum absolute atomic E-state index is 12.8. The number of urea groups is 1. The number of rotatable bonds is 5. The molecule has 0 aliphatic carbocycles. The van der Waals surface area contributed by atoms with Gasteiger partial charge in [-0.3, -0.25) is 4.79 Å². The van der Waals surface area contributed by atoms with Crippen LogP contribution in [0.25, 0.3) is 10.9 Å². The molecule has 0 aliphatic heterocycles. The van der Waals surface area contributed by atoms with Crippen molar-refractivity contribution in [2.45, 2.75) is 12.7 Å². The van der Waals surface area contributed by atoms with E-state index in [0.717, 1.165) is 23.0 Å². The molecule has 4 aromatic rings. The maximum Gasteiger partial charge on any atom is 0.416 e. The first-order valence-corrected chi connectivity index (χ1v) is 10.1. The molecule has 0 spiro atoms. The monoisotopic (exact) mass is 529 g/mol. The lowest BCUT2D eigenvalue weighted by Crippen LogP contribution is -3.00. The molecule has 2 amide bonds. The molecule has 0 saturated carbocycles. The largest absolute Gasteiger partial charge is 1.00 e. The lowest BCUT2D eigenvalue weighted by molar-refractivity contribution is -0.657. The van der Waals surface area contributed by atoms with E-state index in [1.54, 1.807) is 24.3 Å². The summed E-state index contributed by atoms with van der Waals surface area (Å²) >= 11 is 0. The van der Waals surface area contributed by atoms with E-state index >= 15 is 0 Å². The van der Waals surface area contributed by atoms with Crippen LogP contribution in [0.1, 0.15) is 15.9 Å². The summed E-state index contributed by atoms with van der Waals surface area (Å²) in [6.07, 6.45) is -2.66. The normalized spacial score (nSPS) is 10.9. The Labute approximate surface area is 204 Å². The second-order valence-corrected chi connectivity index (χ2v) is 7.35. The van der Waals surface area contributed by atoms with Gasteiger partial charge in [0.05, 0.1) is 5.56 Å². The highest BCUT2D eigenvalue weighted by molar-refractivity contribution is 6.00. The lowest BCUT2D eigenvalue weighted by Gasteiger charge is -2.11. The number of amides is 2. The third-order valence-electron chi connectivity index (χ3n) is 5.01. The van der Waals surface area contributed by atoms with Gasteiger partial charge in [-0.1, -0.05) is 18.2 Å². The van der Waals surface area contributed by atoms with Gasteiger partial charge in [0.25, 0.3) is 0 Å². The van der Waals surface area contributed by atoms with E-state index in [-0.39, 0.29) is 35.0 Å². The van der Waals surface area contributed by atoms with E-state index in [1.807, 2.05) is 47.2 Å². The Hall–Kier alpha value is -3.72. The van der Waals surface area contributed by atoms with E-state index in [0.29, 0.717) is 11.3 Å². The maximum atomic E-state index is 12.8. The number of para-hydroxylation sites is 1. The summed E-state index contributed by atoms with van der Waals surface area (Å²) in [5.41, 5.74) is 0.972. The minimum absolute atomic E-state index is 0. The third kappa shape index (κ3) is 5.99. The van der Waals surface area contributed by atoms with Crippen molar-refractivity contribution < 1.29 is 44.3 Å². The van der Waals surface area contributed by atoms with Crippen LogP contribution in [-0.2, 0) is 12.7 Å². The molecular formula is C25H19BrF3N3O2. The molecule has 0 bridgehead atoms. The molecule has 2 N–H and O–H groups in total. The van der Waals surface area contributed by atoms with Crippen LogP contribution in [0.2, 0.25) is 0 Å². The summed E-state index contributed by atoms with van der Waals surface area (Å²) in [5.74, 6) is -0.101. The number of nitrogens with one attached hydrogen (secondary N) is 2. The summed E-state index contributed by atoms with van der Waals surface area (Å²) in [5, 5.41) is 5.94. The van der Waals surface area contributed by atoms with Gasteiger partial charge < -0.3 is 27.6 Å². The highest BCUT2D eigenvalue weighted by Crippen LogP contribution is 2.30. The van der Waals surface area contributed by atoms with Crippen molar-refractivity contribution in [3.8, 4) is 0 Å². The van der Waals surface area contributed by atoms with Crippen LogP contribution in [-0.4, -0.2) is 11.8 Å². The van der Waals surface area contributed by atoms with E-state index in [1.165, 1.54) is 12.1 Å². The van der Waals surface area contributed by atoms with Crippen molar-refractivity contribution in [1.82, 2.24) is 0 Å². The molecule has 1 aromatic heterocycles. The average Bonchev–Trinajstić information content (AvgIpc) is 2.79. The smallest absolute Gasteiger partial charge is 0.416 e. The molecule has 0 unspecified atom stereocenters. The van der Waals surface area contributed by atoms with Crippen molar-refractivity contribution >= 4 is 34.1 Å². The summed E-state index contributed by atoms with van der Waals surface area (Å²) in [4.78, 5) is 24.9. The standard InChI is InChI=1S/C25H18F3N3O2.BrH/c26-25(27,28)19-7-3-8-21(15-19)30-24(33)29-20-12-10-18(11-13-20)23(32)16-31-14-4-6-17-5-1-2-9-22(17)31;/h1-15H,16H2,(H-,29,30,32,33);1H. The van der Waals surface area contributed by atoms with Gasteiger partial charge in [-0.2, -0.15) is 17.7 Å². The summed E-state index contributed by atoms with van der Waals surface area (Å²) < 4.78 is 40.3. The van der Waals surface area contributed by atoms with Crippen molar-refractivity contribution in [2.75, 3.05) is 10.6 Å².